The molecule has 22 heavy (non-hydrogen) atoms. The van der Waals surface area contributed by atoms with Gasteiger partial charge in [-0.3, -0.25) is 25.0 Å². The van der Waals surface area contributed by atoms with Gasteiger partial charge in [0.15, 0.2) is 4.77 Å². The Morgan fingerprint density at radius 3 is 2.55 bits per heavy atom. The molecule has 6 nitrogen and oxygen atoms in total. The third-order valence-electron chi connectivity index (χ3n) is 2.93. The maximum atomic E-state index is 12.2. The third kappa shape index (κ3) is 3.82. The first-order valence-corrected chi connectivity index (χ1v) is 7.35. The molecule has 1 aromatic carbocycles. The molecule has 0 aliphatic rings. The topological polar surface area (TPSA) is 78.9 Å². The minimum atomic E-state index is -0.437. The molecule has 2 rings (SSSR count). The summed E-state index contributed by atoms with van der Waals surface area (Å²) in [4.78, 5) is 26.7. The predicted octanol–water partition coefficient (Wildman–Crippen LogP) is 2.34. The van der Waals surface area contributed by atoms with Crippen LogP contribution in [0.3, 0.4) is 0 Å². The first-order valence-electron chi connectivity index (χ1n) is 6.94. The van der Waals surface area contributed by atoms with Gasteiger partial charge in [-0.05, 0) is 30.3 Å². The summed E-state index contributed by atoms with van der Waals surface area (Å²) in [6.45, 7) is 3.86. The third-order valence-corrected chi connectivity index (χ3v) is 3.23. The quantitative estimate of drug-likeness (QED) is 0.598. The lowest BCUT2D eigenvalue weighted by Gasteiger charge is -2.10. The maximum absolute atomic E-state index is 12.2. The predicted molar refractivity (Wildman–Crippen MR) is 86.0 cm³/mol. The molecule has 116 valence electrons. The molecule has 0 radical (unpaired) electrons. The van der Waals surface area contributed by atoms with E-state index in [1.54, 1.807) is 4.57 Å². The van der Waals surface area contributed by atoms with E-state index >= 15 is 0 Å². The standard InChI is InChI=1S/C15H18N4O2S/c1-10(2)8-13(20)17-18-14(21)12-9-16-15(22)19(12)11-6-4-3-5-7-11/h3-7,9-10H,8H2,1-2H3,(H,16,22)(H,17,20)(H,18,21). The van der Waals surface area contributed by atoms with E-state index in [0.717, 1.165) is 5.69 Å². The highest BCUT2D eigenvalue weighted by atomic mass is 32.1. The van der Waals surface area contributed by atoms with Crippen LogP contribution in [0.4, 0.5) is 0 Å². The number of H-pyrrole nitrogens is 1. The fourth-order valence-corrected chi connectivity index (χ4v) is 2.24. The van der Waals surface area contributed by atoms with Crippen molar-refractivity contribution < 1.29 is 9.59 Å². The number of nitrogens with one attached hydrogen (secondary N) is 3. The van der Waals surface area contributed by atoms with Crippen molar-refractivity contribution >= 4 is 24.0 Å². The van der Waals surface area contributed by atoms with E-state index in [-0.39, 0.29) is 11.8 Å². The first-order chi connectivity index (χ1) is 10.5. The molecule has 0 unspecified atom stereocenters. The van der Waals surface area contributed by atoms with Crippen molar-refractivity contribution in [2.45, 2.75) is 20.3 Å². The SMILES string of the molecule is CC(C)CC(=O)NNC(=O)c1c[nH]c(=S)n1-c1ccccc1. The molecule has 0 aliphatic carbocycles. The minimum absolute atomic E-state index is 0.220. The van der Waals surface area contributed by atoms with E-state index in [1.165, 1.54) is 6.20 Å². The van der Waals surface area contributed by atoms with E-state index in [9.17, 15) is 9.59 Å². The number of hydrazine groups is 1. The zero-order chi connectivity index (χ0) is 16.1. The molecule has 0 aliphatic heterocycles. The fourth-order valence-electron chi connectivity index (χ4n) is 1.98. The van der Waals surface area contributed by atoms with Crippen LogP contribution in [0, 0.1) is 10.7 Å². The summed E-state index contributed by atoms with van der Waals surface area (Å²) in [7, 11) is 0. The second-order valence-corrected chi connectivity index (χ2v) is 5.64. The molecule has 0 saturated carbocycles. The van der Waals surface area contributed by atoms with Crippen molar-refractivity contribution in [1.82, 2.24) is 20.4 Å². The molecule has 2 amide bonds. The summed E-state index contributed by atoms with van der Waals surface area (Å²) in [5.41, 5.74) is 5.89. The molecular weight excluding hydrogens is 300 g/mol. The Morgan fingerprint density at radius 1 is 1.23 bits per heavy atom. The molecule has 1 aromatic heterocycles. The molecule has 0 fully saturated rings. The fraction of sp³-hybridized carbons (Fsp3) is 0.267. The van der Waals surface area contributed by atoms with Crippen LogP contribution in [-0.4, -0.2) is 21.4 Å². The highest BCUT2D eigenvalue weighted by molar-refractivity contribution is 7.71. The zero-order valence-corrected chi connectivity index (χ0v) is 13.2. The average Bonchev–Trinajstić information content (AvgIpc) is 2.87. The number of carbonyl (C=O) groups is 2. The Bertz CT molecular complexity index is 719. The molecule has 3 N–H and O–H groups in total. The molecule has 0 bridgehead atoms. The molecule has 0 saturated heterocycles. The van der Waals surface area contributed by atoms with Crippen molar-refractivity contribution in [3.63, 3.8) is 0 Å². The van der Waals surface area contributed by atoms with Gasteiger partial charge >= 0.3 is 0 Å². The van der Waals surface area contributed by atoms with E-state index in [4.69, 9.17) is 12.2 Å². The molecule has 0 atom stereocenters. The van der Waals surface area contributed by atoms with Crippen LogP contribution < -0.4 is 10.9 Å². The van der Waals surface area contributed by atoms with Gasteiger partial charge in [0.1, 0.15) is 5.69 Å². The van der Waals surface area contributed by atoms with E-state index in [2.05, 4.69) is 15.8 Å². The summed E-state index contributed by atoms with van der Waals surface area (Å²) >= 11 is 5.21. The highest BCUT2D eigenvalue weighted by Crippen LogP contribution is 2.12. The average molecular weight is 318 g/mol. The Hall–Kier alpha value is -2.41. The number of imidazole rings is 1. The van der Waals surface area contributed by atoms with Crippen LogP contribution in [0.25, 0.3) is 5.69 Å². The van der Waals surface area contributed by atoms with Gasteiger partial charge in [-0.15, -0.1) is 0 Å². The molecule has 1 heterocycles. The lowest BCUT2D eigenvalue weighted by molar-refractivity contribution is -0.122. The number of nitrogens with zero attached hydrogens (tertiary/aromatic N) is 1. The van der Waals surface area contributed by atoms with Gasteiger partial charge < -0.3 is 4.98 Å². The summed E-state index contributed by atoms with van der Waals surface area (Å²) in [5, 5.41) is 0. The molecule has 2 aromatic rings. The van der Waals surface area contributed by atoms with Gasteiger partial charge in [0.2, 0.25) is 5.91 Å². The van der Waals surface area contributed by atoms with Crippen LogP contribution >= 0.6 is 12.2 Å². The Balaban J connectivity index is 2.15. The van der Waals surface area contributed by atoms with Gasteiger partial charge in [-0.1, -0.05) is 32.0 Å². The lowest BCUT2D eigenvalue weighted by atomic mass is 10.1. The largest absolute Gasteiger partial charge is 0.336 e. The van der Waals surface area contributed by atoms with Crippen LogP contribution in [0.5, 0.6) is 0 Å². The number of aromatic amines is 1. The van der Waals surface area contributed by atoms with Crippen LogP contribution in [0.1, 0.15) is 30.8 Å². The van der Waals surface area contributed by atoms with E-state index in [0.29, 0.717) is 16.9 Å². The highest BCUT2D eigenvalue weighted by Gasteiger charge is 2.15. The normalized spacial score (nSPS) is 10.5. The lowest BCUT2D eigenvalue weighted by Crippen LogP contribution is -2.42. The van der Waals surface area contributed by atoms with Gasteiger partial charge in [-0.25, -0.2) is 0 Å². The number of aromatic nitrogens is 2. The number of rotatable bonds is 4. The van der Waals surface area contributed by atoms with E-state index < -0.39 is 5.91 Å². The number of benzene rings is 1. The smallest absolute Gasteiger partial charge is 0.288 e. The Labute approximate surface area is 133 Å². The number of amides is 2. The number of carbonyl (C=O) groups excluding carboxylic acids is 2. The van der Waals surface area contributed by atoms with Crippen molar-refractivity contribution in [2.75, 3.05) is 0 Å². The second-order valence-electron chi connectivity index (χ2n) is 5.25. The van der Waals surface area contributed by atoms with Crippen molar-refractivity contribution in [1.29, 1.82) is 0 Å². The van der Waals surface area contributed by atoms with Gasteiger partial charge in [0.25, 0.3) is 5.91 Å². The summed E-state index contributed by atoms with van der Waals surface area (Å²) in [6.07, 6.45) is 1.86. The van der Waals surface area contributed by atoms with Crippen molar-refractivity contribution in [3.8, 4) is 5.69 Å². The number of para-hydroxylation sites is 1. The maximum Gasteiger partial charge on any atom is 0.288 e. The number of hydrogen-bond donors (Lipinski definition) is 3. The molecule has 7 heteroatoms. The second kappa shape index (κ2) is 7.04. The summed E-state index contributed by atoms with van der Waals surface area (Å²) < 4.78 is 2.02. The van der Waals surface area contributed by atoms with Gasteiger partial charge in [-0.2, -0.15) is 0 Å². The van der Waals surface area contributed by atoms with Crippen LogP contribution in [0.15, 0.2) is 36.5 Å². The Kier molecular flexibility index (Phi) is 5.11. The zero-order valence-electron chi connectivity index (χ0n) is 12.4. The van der Waals surface area contributed by atoms with E-state index in [1.807, 2.05) is 44.2 Å². The van der Waals surface area contributed by atoms with Crippen LogP contribution in [-0.2, 0) is 4.79 Å². The van der Waals surface area contributed by atoms with Gasteiger partial charge in [0.05, 0.1) is 0 Å². The monoisotopic (exact) mass is 318 g/mol. The summed E-state index contributed by atoms with van der Waals surface area (Å²) in [6, 6.07) is 9.29. The number of hydrogen-bond acceptors (Lipinski definition) is 3. The molecule has 0 spiro atoms. The first kappa shape index (κ1) is 16.0. The minimum Gasteiger partial charge on any atom is -0.336 e. The van der Waals surface area contributed by atoms with Crippen LogP contribution in [0.2, 0.25) is 0 Å². The van der Waals surface area contributed by atoms with Crippen molar-refractivity contribution in [2.24, 2.45) is 5.92 Å². The van der Waals surface area contributed by atoms with Crippen molar-refractivity contribution in [3.05, 3.63) is 47.0 Å². The molecular formula is C15H18N4O2S. The summed E-state index contributed by atoms with van der Waals surface area (Å²) in [5.74, 6) is -0.449. The Morgan fingerprint density at radius 2 is 1.91 bits per heavy atom. The van der Waals surface area contributed by atoms with Gasteiger partial charge in [0, 0.05) is 18.3 Å².